The Kier molecular flexibility index (Phi) is 6.21. The molecule has 0 spiro atoms. The fraction of sp³-hybridized carbons (Fsp3) is 0.556. The number of benzene rings is 1. The molecule has 1 aromatic rings. The third-order valence-electron chi connectivity index (χ3n) is 4.50. The third-order valence-corrected chi connectivity index (χ3v) is 4.78. The molecule has 3 fully saturated rings. The molecule has 0 aliphatic carbocycles. The van der Waals surface area contributed by atoms with E-state index in [9.17, 15) is 26.3 Å². The minimum atomic E-state index is -4.69. The molecule has 0 radical (unpaired) electrons. The van der Waals surface area contributed by atoms with Crippen LogP contribution in [0.1, 0.15) is 19.8 Å². The Labute approximate surface area is 172 Å². The van der Waals surface area contributed by atoms with E-state index in [0.29, 0.717) is 12.5 Å². The maximum atomic E-state index is 14.8. The molecule has 0 N–H and O–H groups in total. The lowest BCUT2D eigenvalue weighted by Gasteiger charge is -2.52. The molecular formula is C18H17ClF6O5. The fourth-order valence-electron chi connectivity index (χ4n) is 3.09. The molecule has 4 rings (SSSR count). The molecule has 3 heterocycles. The highest BCUT2D eigenvalue weighted by atomic mass is 35.5. The second kappa shape index (κ2) is 8.10. The van der Waals surface area contributed by atoms with Crippen molar-refractivity contribution in [2.24, 2.45) is 5.41 Å². The minimum Gasteiger partial charge on any atom is -0.460 e. The molecule has 3 aliphatic heterocycles. The maximum Gasteiger partial charge on any atom is 0.484 e. The number of hydrogen-bond acceptors (Lipinski definition) is 5. The summed E-state index contributed by atoms with van der Waals surface area (Å²) in [6.07, 6.45) is -7.58. The number of fused-ring (bicyclic) bond motifs is 3. The smallest absolute Gasteiger partial charge is 0.460 e. The van der Waals surface area contributed by atoms with Crippen LogP contribution in [0.2, 0.25) is 5.02 Å². The first-order valence-electron chi connectivity index (χ1n) is 8.80. The largest absolute Gasteiger partial charge is 0.484 e. The van der Waals surface area contributed by atoms with Crippen molar-refractivity contribution in [3.05, 3.63) is 35.3 Å². The van der Waals surface area contributed by atoms with Crippen LogP contribution < -0.4 is 9.47 Å². The summed E-state index contributed by atoms with van der Waals surface area (Å²) in [5, 5.41) is -0.595. The van der Waals surface area contributed by atoms with Crippen molar-refractivity contribution in [1.29, 1.82) is 0 Å². The van der Waals surface area contributed by atoms with Crippen molar-refractivity contribution in [2.75, 3.05) is 19.8 Å². The van der Waals surface area contributed by atoms with Crippen LogP contribution in [-0.2, 0) is 14.2 Å². The lowest BCUT2D eigenvalue weighted by Crippen LogP contribution is -2.68. The van der Waals surface area contributed by atoms with E-state index in [4.69, 9.17) is 25.8 Å². The van der Waals surface area contributed by atoms with Crippen LogP contribution in [0, 0.1) is 11.2 Å². The summed E-state index contributed by atoms with van der Waals surface area (Å²) in [7, 11) is 0. The zero-order valence-electron chi connectivity index (χ0n) is 15.5. The van der Waals surface area contributed by atoms with Crippen LogP contribution in [0.3, 0.4) is 0 Å². The summed E-state index contributed by atoms with van der Waals surface area (Å²) in [6.45, 7) is 1.82. The van der Waals surface area contributed by atoms with Gasteiger partial charge >= 0.3 is 18.3 Å². The van der Waals surface area contributed by atoms with Gasteiger partial charge in [0.1, 0.15) is 5.75 Å². The van der Waals surface area contributed by atoms with Gasteiger partial charge in [-0.3, -0.25) is 0 Å². The highest BCUT2D eigenvalue weighted by Crippen LogP contribution is 2.48. The lowest BCUT2D eigenvalue weighted by atomic mass is 9.84. The zero-order chi connectivity index (χ0) is 22.2. The summed E-state index contributed by atoms with van der Waals surface area (Å²) in [5.74, 6) is -5.67. The summed E-state index contributed by atoms with van der Waals surface area (Å²) in [6, 6.07) is 1.22. The number of halogens is 7. The van der Waals surface area contributed by atoms with Crippen LogP contribution >= 0.6 is 11.6 Å². The first-order chi connectivity index (χ1) is 13.9. The average Bonchev–Trinajstić information content (AvgIpc) is 2.64. The molecule has 0 aromatic heterocycles. The van der Waals surface area contributed by atoms with E-state index in [1.165, 1.54) is 0 Å². The van der Waals surface area contributed by atoms with E-state index >= 15 is 0 Å². The van der Waals surface area contributed by atoms with Gasteiger partial charge in [-0.05, 0) is 6.42 Å². The molecular weight excluding hydrogens is 446 g/mol. The number of alkyl halides is 5. The molecule has 1 aromatic carbocycles. The van der Waals surface area contributed by atoms with Crippen molar-refractivity contribution >= 4 is 11.6 Å². The van der Waals surface area contributed by atoms with Gasteiger partial charge in [-0.15, -0.1) is 0 Å². The van der Waals surface area contributed by atoms with Crippen LogP contribution in [-0.4, -0.2) is 38.1 Å². The summed E-state index contributed by atoms with van der Waals surface area (Å²) < 4.78 is 104. The van der Waals surface area contributed by atoms with Gasteiger partial charge in [0.15, 0.2) is 11.6 Å². The number of hydrogen-bond donors (Lipinski definition) is 0. The van der Waals surface area contributed by atoms with Crippen LogP contribution in [0.4, 0.5) is 26.3 Å². The van der Waals surface area contributed by atoms with Gasteiger partial charge in [-0.1, -0.05) is 24.9 Å². The zero-order valence-corrected chi connectivity index (χ0v) is 16.3. The normalized spacial score (nSPS) is 26.9. The summed E-state index contributed by atoms with van der Waals surface area (Å²) in [5.41, 5.74) is -0.523. The van der Waals surface area contributed by atoms with Gasteiger partial charge in [0.05, 0.1) is 37.2 Å². The molecule has 0 amide bonds. The first-order valence-corrected chi connectivity index (χ1v) is 9.18. The highest BCUT2D eigenvalue weighted by Gasteiger charge is 2.68. The topological polar surface area (TPSA) is 46.2 Å². The van der Waals surface area contributed by atoms with E-state index in [2.05, 4.69) is 9.47 Å². The standard InChI is InChI=1S/C18H17ClF6O5/c1-2-3-15-8-27-18(28-9-15,29-10-15)17(24,25)30-11-6-12(19)14(13(20)7-11)26-5-4-16(21,22)23/h4-7H,2-3,8-10H2,1H3/b5-4+. The second-order valence-electron chi connectivity index (χ2n) is 6.97. The molecule has 30 heavy (non-hydrogen) atoms. The fourth-order valence-corrected chi connectivity index (χ4v) is 3.33. The van der Waals surface area contributed by atoms with Gasteiger partial charge < -0.3 is 23.7 Å². The second-order valence-corrected chi connectivity index (χ2v) is 7.38. The number of allylic oxidation sites excluding steroid dienone is 1. The van der Waals surface area contributed by atoms with E-state index < -0.39 is 46.0 Å². The molecule has 3 aliphatic rings. The van der Waals surface area contributed by atoms with Crippen molar-refractivity contribution in [3.8, 4) is 11.5 Å². The Morgan fingerprint density at radius 2 is 1.70 bits per heavy atom. The highest BCUT2D eigenvalue weighted by molar-refractivity contribution is 6.32. The first kappa shape index (κ1) is 23.0. The minimum absolute atomic E-state index is 0.0345. The van der Waals surface area contributed by atoms with Gasteiger partial charge in [-0.25, -0.2) is 4.39 Å². The van der Waals surface area contributed by atoms with Gasteiger partial charge in [-0.2, -0.15) is 22.0 Å². The molecule has 5 nitrogen and oxygen atoms in total. The molecule has 3 saturated heterocycles. The van der Waals surface area contributed by atoms with E-state index in [0.717, 1.165) is 12.5 Å². The van der Waals surface area contributed by atoms with E-state index in [-0.39, 0.29) is 32.2 Å². The Morgan fingerprint density at radius 3 is 2.20 bits per heavy atom. The third kappa shape index (κ3) is 4.63. The van der Waals surface area contributed by atoms with Crippen molar-refractivity contribution in [1.82, 2.24) is 0 Å². The van der Waals surface area contributed by atoms with Gasteiger partial charge in [0.25, 0.3) is 0 Å². The van der Waals surface area contributed by atoms with E-state index in [1.54, 1.807) is 0 Å². The molecule has 168 valence electrons. The summed E-state index contributed by atoms with van der Waals surface area (Å²) >= 11 is 5.73. The van der Waals surface area contributed by atoms with Crippen LogP contribution in [0.15, 0.2) is 24.5 Å². The molecule has 12 heteroatoms. The van der Waals surface area contributed by atoms with Gasteiger partial charge in [0, 0.05) is 17.5 Å². The van der Waals surface area contributed by atoms with Gasteiger partial charge in [0.2, 0.25) is 0 Å². The quantitative estimate of drug-likeness (QED) is 0.400. The van der Waals surface area contributed by atoms with Crippen LogP contribution in [0.5, 0.6) is 11.5 Å². The Balaban J connectivity index is 1.74. The Bertz CT molecular complexity index is 765. The predicted octanol–water partition coefficient (Wildman–Crippen LogP) is 5.42. The predicted molar refractivity (Wildman–Crippen MR) is 90.7 cm³/mol. The Morgan fingerprint density at radius 1 is 1.10 bits per heavy atom. The van der Waals surface area contributed by atoms with Crippen molar-refractivity contribution in [2.45, 2.75) is 38.0 Å². The number of ether oxygens (including phenoxy) is 5. The van der Waals surface area contributed by atoms with Crippen LogP contribution in [0.25, 0.3) is 0 Å². The number of rotatable bonds is 7. The summed E-state index contributed by atoms with van der Waals surface area (Å²) in [4.78, 5) is 0. The molecule has 0 atom stereocenters. The van der Waals surface area contributed by atoms with Crippen molar-refractivity contribution in [3.63, 3.8) is 0 Å². The monoisotopic (exact) mass is 462 g/mol. The van der Waals surface area contributed by atoms with Crippen molar-refractivity contribution < 1.29 is 50.0 Å². The lowest BCUT2D eigenvalue weighted by molar-refractivity contribution is -0.548. The SMILES string of the molecule is CCCC12COC(C(F)(F)Oc3cc(F)c(O/C=C/C(F)(F)F)c(Cl)c3)(OC1)OC2. The molecule has 0 unspecified atom stereocenters. The Hall–Kier alpha value is -1.69. The molecule has 2 bridgehead atoms. The van der Waals surface area contributed by atoms with E-state index in [1.807, 2.05) is 6.92 Å². The maximum absolute atomic E-state index is 14.8. The average molecular weight is 463 g/mol. The molecule has 0 saturated carbocycles.